The number of nitrogens with zero attached hydrogens (tertiary/aromatic N) is 1. The van der Waals surface area contributed by atoms with Crippen LogP contribution in [0.5, 0.6) is 0 Å². The third kappa shape index (κ3) is 4.24. The summed E-state index contributed by atoms with van der Waals surface area (Å²) in [6.45, 7) is 5.50. The maximum absolute atomic E-state index is 11.4. The van der Waals surface area contributed by atoms with Crippen LogP contribution in [0.15, 0.2) is 0 Å². The summed E-state index contributed by atoms with van der Waals surface area (Å²) in [5.41, 5.74) is 5.40. The van der Waals surface area contributed by atoms with Crippen molar-refractivity contribution in [2.75, 3.05) is 26.7 Å². The Bertz CT molecular complexity index is 151. The molecular weight excluding hydrogens is 168 g/mol. The van der Waals surface area contributed by atoms with Crippen molar-refractivity contribution in [1.82, 2.24) is 4.90 Å². The van der Waals surface area contributed by atoms with E-state index in [0.29, 0.717) is 13.2 Å². The van der Waals surface area contributed by atoms with Gasteiger partial charge in [0.2, 0.25) is 0 Å². The first-order valence-electron chi connectivity index (χ1n) is 4.74. The van der Waals surface area contributed by atoms with Gasteiger partial charge in [-0.2, -0.15) is 0 Å². The summed E-state index contributed by atoms with van der Waals surface area (Å²) < 4.78 is 4.94. The SMILES string of the molecule is CCOC(=O)C(CC)N(C)CCN. The molecule has 0 aliphatic heterocycles. The number of hydrogen-bond acceptors (Lipinski definition) is 4. The Morgan fingerprint density at radius 2 is 2.15 bits per heavy atom. The summed E-state index contributed by atoms with van der Waals surface area (Å²) in [4.78, 5) is 13.3. The van der Waals surface area contributed by atoms with Crippen LogP contribution in [0.3, 0.4) is 0 Å². The quantitative estimate of drug-likeness (QED) is 0.606. The van der Waals surface area contributed by atoms with Crippen molar-refractivity contribution in [3.8, 4) is 0 Å². The Morgan fingerprint density at radius 1 is 1.54 bits per heavy atom. The van der Waals surface area contributed by atoms with Crippen molar-refractivity contribution < 1.29 is 9.53 Å². The predicted molar refractivity (Wildman–Crippen MR) is 52.4 cm³/mol. The number of esters is 1. The third-order valence-electron chi connectivity index (χ3n) is 1.96. The van der Waals surface area contributed by atoms with Crippen molar-refractivity contribution in [3.05, 3.63) is 0 Å². The summed E-state index contributed by atoms with van der Waals surface area (Å²) in [5.74, 6) is -0.152. The number of nitrogens with two attached hydrogens (primary N) is 1. The second-order valence-electron chi connectivity index (χ2n) is 2.95. The molecule has 0 bridgehead atoms. The highest BCUT2D eigenvalue weighted by molar-refractivity contribution is 5.75. The van der Waals surface area contributed by atoms with Crippen LogP contribution in [-0.4, -0.2) is 43.7 Å². The molecule has 0 spiro atoms. The smallest absolute Gasteiger partial charge is 0.323 e. The zero-order chi connectivity index (χ0) is 10.3. The van der Waals surface area contributed by atoms with Gasteiger partial charge in [0, 0.05) is 13.1 Å². The van der Waals surface area contributed by atoms with Crippen LogP contribution in [0.2, 0.25) is 0 Å². The number of hydrogen-bond donors (Lipinski definition) is 1. The van der Waals surface area contributed by atoms with Crippen LogP contribution < -0.4 is 5.73 Å². The fraction of sp³-hybridized carbons (Fsp3) is 0.889. The fourth-order valence-corrected chi connectivity index (χ4v) is 1.26. The van der Waals surface area contributed by atoms with Gasteiger partial charge >= 0.3 is 5.97 Å². The van der Waals surface area contributed by atoms with Crippen molar-refractivity contribution in [3.63, 3.8) is 0 Å². The van der Waals surface area contributed by atoms with Crippen molar-refractivity contribution in [1.29, 1.82) is 0 Å². The molecule has 0 radical (unpaired) electrons. The normalized spacial score (nSPS) is 13.0. The Labute approximate surface area is 80.0 Å². The van der Waals surface area contributed by atoms with Gasteiger partial charge in [-0.05, 0) is 20.4 Å². The maximum atomic E-state index is 11.4. The Morgan fingerprint density at radius 3 is 2.54 bits per heavy atom. The lowest BCUT2D eigenvalue weighted by Gasteiger charge is -2.24. The van der Waals surface area contributed by atoms with Gasteiger partial charge < -0.3 is 10.5 Å². The van der Waals surface area contributed by atoms with Crippen molar-refractivity contribution >= 4 is 5.97 Å². The molecule has 0 fully saturated rings. The first kappa shape index (κ1) is 12.4. The maximum Gasteiger partial charge on any atom is 0.323 e. The highest BCUT2D eigenvalue weighted by atomic mass is 16.5. The molecule has 4 heteroatoms. The Hall–Kier alpha value is -0.610. The van der Waals surface area contributed by atoms with Gasteiger partial charge in [0.25, 0.3) is 0 Å². The van der Waals surface area contributed by atoms with Gasteiger partial charge in [-0.1, -0.05) is 6.92 Å². The molecule has 4 nitrogen and oxygen atoms in total. The van der Waals surface area contributed by atoms with E-state index < -0.39 is 0 Å². The topological polar surface area (TPSA) is 55.6 Å². The molecule has 0 amide bonds. The molecule has 0 saturated carbocycles. The molecule has 2 N–H and O–H groups in total. The van der Waals surface area contributed by atoms with Crippen molar-refractivity contribution in [2.45, 2.75) is 26.3 Å². The summed E-state index contributed by atoms with van der Waals surface area (Å²) in [7, 11) is 1.89. The van der Waals surface area contributed by atoms with Gasteiger partial charge in [-0.15, -0.1) is 0 Å². The molecule has 0 rings (SSSR count). The molecule has 0 aliphatic rings. The van der Waals surface area contributed by atoms with Gasteiger partial charge in [-0.3, -0.25) is 9.69 Å². The van der Waals surface area contributed by atoms with E-state index in [0.717, 1.165) is 13.0 Å². The molecule has 1 atom stereocenters. The van der Waals surface area contributed by atoms with E-state index in [1.54, 1.807) is 0 Å². The summed E-state index contributed by atoms with van der Waals surface area (Å²) in [6.07, 6.45) is 0.759. The number of carbonyl (C=O) groups is 1. The van der Waals surface area contributed by atoms with E-state index in [2.05, 4.69) is 0 Å². The van der Waals surface area contributed by atoms with Crippen molar-refractivity contribution in [2.24, 2.45) is 5.73 Å². The molecule has 1 unspecified atom stereocenters. The monoisotopic (exact) mass is 188 g/mol. The lowest BCUT2D eigenvalue weighted by molar-refractivity contribution is -0.149. The molecule has 78 valence electrons. The number of rotatable bonds is 6. The molecular formula is C9H20N2O2. The molecule has 0 heterocycles. The van der Waals surface area contributed by atoms with Gasteiger partial charge in [0.1, 0.15) is 6.04 Å². The molecule has 0 aromatic carbocycles. The highest BCUT2D eigenvalue weighted by Gasteiger charge is 2.21. The Balaban J connectivity index is 4.06. The second kappa shape index (κ2) is 6.86. The van der Waals surface area contributed by atoms with Crippen LogP contribution in [0.25, 0.3) is 0 Å². The lowest BCUT2D eigenvalue weighted by atomic mass is 10.2. The number of ether oxygens (including phenoxy) is 1. The predicted octanol–water partition coefficient (Wildman–Crippen LogP) is 0.219. The van der Waals surface area contributed by atoms with Gasteiger partial charge in [0.15, 0.2) is 0 Å². The van der Waals surface area contributed by atoms with E-state index >= 15 is 0 Å². The Kier molecular flexibility index (Phi) is 6.54. The largest absolute Gasteiger partial charge is 0.465 e. The number of likely N-dealkylation sites (N-methyl/N-ethyl adjacent to an activating group) is 1. The third-order valence-corrected chi connectivity index (χ3v) is 1.96. The van der Waals surface area contributed by atoms with Gasteiger partial charge in [-0.25, -0.2) is 0 Å². The lowest BCUT2D eigenvalue weighted by Crippen LogP contribution is -2.41. The second-order valence-corrected chi connectivity index (χ2v) is 2.95. The first-order valence-corrected chi connectivity index (χ1v) is 4.74. The minimum absolute atomic E-state index is 0.150. The standard InChI is InChI=1S/C9H20N2O2/c1-4-8(9(12)13-5-2)11(3)7-6-10/h8H,4-7,10H2,1-3H3. The first-order chi connectivity index (χ1) is 6.17. The van der Waals surface area contributed by atoms with Crippen LogP contribution in [0.4, 0.5) is 0 Å². The minimum Gasteiger partial charge on any atom is -0.465 e. The zero-order valence-corrected chi connectivity index (χ0v) is 8.75. The minimum atomic E-state index is -0.152. The van der Waals surface area contributed by atoms with E-state index in [9.17, 15) is 4.79 Å². The van der Waals surface area contributed by atoms with Crippen LogP contribution in [0, 0.1) is 0 Å². The van der Waals surface area contributed by atoms with Gasteiger partial charge in [0.05, 0.1) is 6.61 Å². The molecule has 0 aliphatic carbocycles. The van der Waals surface area contributed by atoms with Crippen LogP contribution >= 0.6 is 0 Å². The van der Waals surface area contributed by atoms with Crippen LogP contribution in [0.1, 0.15) is 20.3 Å². The van der Waals surface area contributed by atoms with E-state index in [-0.39, 0.29) is 12.0 Å². The molecule has 0 aromatic rings. The van der Waals surface area contributed by atoms with E-state index in [4.69, 9.17) is 10.5 Å². The highest BCUT2D eigenvalue weighted by Crippen LogP contribution is 2.03. The average molecular weight is 188 g/mol. The summed E-state index contributed by atoms with van der Waals surface area (Å²) in [5, 5.41) is 0. The summed E-state index contributed by atoms with van der Waals surface area (Å²) >= 11 is 0. The van der Waals surface area contributed by atoms with Crippen LogP contribution in [-0.2, 0) is 9.53 Å². The molecule has 0 saturated heterocycles. The zero-order valence-electron chi connectivity index (χ0n) is 8.75. The van der Waals surface area contributed by atoms with E-state index in [1.807, 2.05) is 25.8 Å². The van der Waals surface area contributed by atoms with E-state index in [1.165, 1.54) is 0 Å². The molecule has 0 aromatic heterocycles. The summed E-state index contributed by atoms with van der Waals surface area (Å²) in [6, 6.07) is -0.150. The average Bonchev–Trinajstić information content (AvgIpc) is 2.06. The fourth-order valence-electron chi connectivity index (χ4n) is 1.26. The number of carbonyl (C=O) groups excluding carboxylic acids is 1. The molecule has 13 heavy (non-hydrogen) atoms.